The van der Waals surface area contributed by atoms with E-state index in [0.717, 1.165) is 49.5 Å². The van der Waals surface area contributed by atoms with Crippen molar-refractivity contribution in [2.45, 2.75) is 6.42 Å². The van der Waals surface area contributed by atoms with Gasteiger partial charge in [-0.05, 0) is 32.1 Å². The first-order chi connectivity index (χ1) is 18.0. The Morgan fingerprint density at radius 3 is 2.49 bits per heavy atom. The minimum Gasteiger partial charge on any atom is -0.353 e. The zero-order valence-corrected chi connectivity index (χ0v) is 20.9. The molecule has 0 aliphatic carbocycles. The minimum atomic E-state index is 0.127. The van der Waals surface area contributed by atoms with Gasteiger partial charge in [-0.25, -0.2) is 14.5 Å². The number of piperazine rings is 1. The summed E-state index contributed by atoms with van der Waals surface area (Å²) in [4.78, 5) is 28.9. The van der Waals surface area contributed by atoms with E-state index in [2.05, 4.69) is 33.1 Å². The lowest BCUT2D eigenvalue weighted by Crippen LogP contribution is -2.50. The molecule has 6 rings (SSSR count). The van der Waals surface area contributed by atoms with E-state index < -0.39 is 0 Å². The van der Waals surface area contributed by atoms with Gasteiger partial charge in [-0.3, -0.25) is 9.48 Å². The van der Waals surface area contributed by atoms with Crippen LogP contribution in [0.5, 0.6) is 0 Å². The van der Waals surface area contributed by atoms with Crippen molar-refractivity contribution < 1.29 is 4.79 Å². The molecule has 2 fully saturated rings. The Morgan fingerprint density at radius 2 is 1.84 bits per heavy atom. The molecule has 37 heavy (non-hydrogen) atoms. The largest absolute Gasteiger partial charge is 0.353 e. The fourth-order valence-corrected chi connectivity index (χ4v) is 5.25. The predicted octanol–water partition coefficient (Wildman–Crippen LogP) is 1.66. The predicted molar refractivity (Wildman–Crippen MR) is 138 cm³/mol. The number of nitriles is 1. The molecule has 0 spiro atoms. The Bertz CT molecular complexity index is 1490. The molecule has 0 bridgehead atoms. The molecular weight excluding hydrogens is 468 g/mol. The molecule has 188 valence electrons. The van der Waals surface area contributed by atoms with Gasteiger partial charge in [0.05, 0.1) is 35.9 Å². The van der Waals surface area contributed by atoms with Gasteiger partial charge in [0, 0.05) is 63.3 Å². The van der Waals surface area contributed by atoms with Crippen molar-refractivity contribution in [1.29, 1.82) is 5.26 Å². The summed E-state index contributed by atoms with van der Waals surface area (Å²) in [5.74, 6) is 1.28. The molecule has 1 atom stereocenters. The topological polar surface area (TPSA) is 111 Å². The molecule has 2 aliphatic heterocycles. The summed E-state index contributed by atoms with van der Waals surface area (Å²) in [5.41, 5.74) is 4.12. The minimum absolute atomic E-state index is 0.127. The summed E-state index contributed by atoms with van der Waals surface area (Å²) < 4.78 is 3.41. The first-order valence-corrected chi connectivity index (χ1v) is 12.5. The highest BCUT2D eigenvalue weighted by molar-refractivity contribution is 5.83. The third-order valence-electron chi connectivity index (χ3n) is 7.29. The number of nitrogens with zero attached hydrogens (tertiary/aromatic N) is 10. The Kier molecular flexibility index (Phi) is 5.81. The lowest BCUT2D eigenvalue weighted by molar-refractivity contribution is -0.135. The van der Waals surface area contributed by atoms with Crippen LogP contribution < -0.4 is 4.90 Å². The average Bonchev–Trinajstić information content (AvgIpc) is 3.67. The van der Waals surface area contributed by atoms with Gasteiger partial charge in [-0.15, -0.1) is 0 Å². The quantitative estimate of drug-likeness (QED) is 0.419. The Morgan fingerprint density at radius 1 is 1.00 bits per heavy atom. The van der Waals surface area contributed by atoms with Gasteiger partial charge in [0.1, 0.15) is 23.0 Å². The number of rotatable bonds is 4. The van der Waals surface area contributed by atoms with E-state index in [-0.39, 0.29) is 11.8 Å². The van der Waals surface area contributed by atoms with Crippen LogP contribution in [0.2, 0.25) is 0 Å². The summed E-state index contributed by atoms with van der Waals surface area (Å²) in [6.07, 6.45) is 9.76. The molecular formula is C26H28N10O. The molecule has 0 unspecified atom stereocenters. The van der Waals surface area contributed by atoms with Crippen LogP contribution in [0.4, 0.5) is 5.82 Å². The van der Waals surface area contributed by atoms with Crippen LogP contribution in [0.1, 0.15) is 12.0 Å². The van der Waals surface area contributed by atoms with E-state index >= 15 is 0 Å². The molecule has 2 saturated heterocycles. The van der Waals surface area contributed by atoms with Crippen molar-refractivity contribution in [3.63, 3.8) is 0 Å². The van der Waals surface area contributed by atoms with Gasteiger partial charge in [-0.1, -0.05) is 0 Å². The monoisotopic (exact) mass is 496 g/mol. The van der Waals surface area contributed by atoms with Crippen LogP contribution in [0, 0.1) is 17.2 Å². The Hall–Kier alpha value is -4.30. The summed E-state index contributed by atoms with van der Waals surface area (Å²) in [6.45, 7) is 4.77. The second-order valence-corrected chi connectivity index (χ2v) is 9.81. The van der Waals surface area contributed by atoms with E-state index in [4.69, 9.17) is 9.97 Å². The second-order valence-electron chi connectivity index (χ2n) is 9.81. The SMILES string of the molecule is CN1CC[C@H](C(=O)N2CCN(c3ccc(-c4nc(-c5cnn(C)c5)cn5ncc(C#N)c45)cn3)CC2)C1. The van der Waals surface area contributed by atoms with E-state index in [1.54, 1.807) is 27.8 Å². The Labute approximate surface area is 214 Å². The maximum Gasteiger partial charge on any atom is 0.227 e. The van der Waals surface area contributed by atoms with Gasteiger partial charge in [-0.2, -0.15) is 15.5 Å². The second kappa shape index (κ2) is 9.29. The van der Waals surface area contributed by atoms with Gasteiger partial charge in [0.15, 0.2) is 0 Å². The molecule has 0 radical (unpaired) electrons. The number of aryl methyl sites for hydroxylation is 1. The molecule has 2 aliphatic rings. The van der Waals surface area contributed by atoms with Gasteiger partial charge >= 0.3 is 0 Å². The van der Waals surface area contributed by atoms with Crippen molar-refractivity contribution >= 4 is 17.2 Å². The number of pyridine rings is 1. The summed E-state index contributed by atoms with van der Waals surface area (Å²) in [7, 11) is 3.93. The summed E-state index contributed by atoms with van der Waals surface area (Å²) in [6, 6.07) is 6.19. The zero-order valence-electron chi connectivity index (χ0n) is 20.9. The third-order valence-corrected chi connectivity index (χ3v) is 7.29. The number of hydrogen-bond donors (Lipinski definition) is 0. The molecule has 6 heterocycles. The van der Waals surface area contributed by atoms with Crippen LogP contribution >= 0.6 is 0 Å². The maximum absolute atomic E-state index is 12.9. The zero-order chi connectivity index (χ0) is 25.5. The number of carbonyl (C=O) groups is 1. The number of carbonyl (C=O) groups excluding carboxylic acids is 1. The first-order valence-electron chi connectivity index (χ1n) is 12.5. The van der Waals surface area contributed by atoms with Crippen LogP contribution in [-0.2, 0) is 11.8 Å². The number of amides is 1. The van der Waals surface area contributed by atoms with E-state index in [1.165, 1.54) is 0 Å². The number of hydrogen-bond acceptors (Lipinski definition) is 8. The van der Waals surface area contributed by atoms with E-state index in [1.807, 2.05) is 36.5 Å². The smallest absolute Gasteiger partial charge is 0.227 e. The molecule has 4 aromatic heterocycles. The molecule has 0 saturated carbocycles. The summed E-state index contributed by atoms with van der Waals surface area (Å²) >= 11 is 0. The van der Waals surface area contributed by atoms with E-state index in [9.17, 15) is 10.1 Å². The highest BCUT2D eigenvalue weighted by atomic mass is 16.2. The van der Waals surface area contributed by atoms with Crippen LogP contribution in [-0.4, -0.2) is 91.4 Å². The average molecular weight is 497 g/mol. The summed E-state index contributed by atoms with van der Waals surface area (Å²) in [5, 5.41) is 18.3. The fraction of sp³-hybridized carbons (Fsp3) is 0.385. The van der Waals surface area contributed by atoms with Crippen molar-refractivity contribution in [2.24, 2.45) is 13.0 Å². The molecule has 11 nitrogen and oxygen atoms in total. The van der Waals surface area contributed by atoms with Crippen LogP contribution in [0.15, 0.2) is 43.1 Å². The van der Waals surface area contributed by atoms with Crippen LogP contribution in [0.25, 0.3) is 28.0 Å². The number of anilines is 1. The molecule has 0 aromatic carbocycles. The number of fused-ring (bicyclic) bond motifs is 1. The van der Waals surface area contributed by atoms with Gasteiger partial charge in [0.25, 0.3) is 0 Å². The van der Waals surface area contributed by atoms with Crippen LogP contribution in [0.3, 0.4) is 0 Å². The highest BCUT2D eigenvalue weighted by Crippen LogP contribution is 2.29. The highest BCUT2D eigenvalue weighted by Gasteiger charge is 2.31. The maximum atomic E-state index is 12.9. The number of likely N-dealkylation sites (tertiary alicyclic amines) is 1. The normalized spacial score (nSPS) is 18.5. The third kappa shape index (κ3) is 4.29. The lowest BCUT2D eigenvalue weighted by atomic mass is 10.1. The van der Waals surface area contributed by atoms with Gasteiger partial charge in [0.2, 0.25) is 5.91 Å². The van der Waals surface area contributed by atoms with Gasteiger partial charge < -0.3 is 14.7 Å². The standard InChI is InChI=1S/C26H28N10O/c1-32-6-5-19(15-32)26(37)35-9-7-34(8-10-35)23-4-3-18(12-28-23)24-25-20(11-27)13-30-36(25)17-22(31-24)21-14-29-33(2)16-21/h3-4,12-14,16-17,19H,5-10,15H2,1-2H3/t19-/m0/s1. The van der Waals surface area contributed by atoms with E-state index in [0.29, 0.717) is 35.6 Å². The van der Waals surface area contributed by atoms with Crippen molar-refractivity contribution in [1.82, 2.24) is 39.2 Å². The molecule has 4 aromatic rings. The van der Waals surface area contributed by atoms with Crippen molar-refractivity contribution in [3.8, 4) is 28.6 Å². The molecule has 11 heteroatoms. The molecule has 0 N–H and O–H groups in total. The first kappa shape index (κ1) is 23.1. The van der Waals surface area contributed by atoms with Crippen molar-refractivity contribution in [2.75, 3.05) is 51.2 Å². The van der Waals surface area contributed by atoms with Crippen molar-refractivity contribution in [3.05, 3.63) is 48.7 Å². The Balaban J connectivity index is 1.23. The fourth-order valence-electron chi connectivity index (χ4n) is 5.25. The number of aromatic nitrogens is 6. The molecule has 1 amide bonds. The lowest BCUT2D eigenvalue weighted by Gasteiger charge is -2.36.